The summed E-state index contributed by atoms with van der Waals surface area (Å²) in [7, 11) is -1.54. The van der Waals surface area contributed by atoms with E-state index in [4.69, 9.17) is 14.8 Å². The highest BCUT2D eigenvalue weighted by Gasteiger charge is 2.25. The van der Waals surface area contributed by atoms with Gasteiger partial charge in [-0.25, -0.2) is 4.79 Å². The lowest BCUT2D eigenvalue weighted by molar-refractivity contribution is 0.0499. The summed E-state index contributed by atoms with van der Waals surface area (Å²) in [6.45, 7) is 7.14. The lowest BCUT2D eigenvalue weighted by Crippen LogP contribution is -2.45. The molecule has 0 heterocycles. The van der Waals surface area contributed by atoms with Crippen molar-refractivity contribution in [1.29, 1.82) is 0 Å². The summed E-state index contributed by atoms with van der Waals surface area (Å²) in [5.41, 5.74) is -0.954. The Kier molecular flexibility index (Phi) is 4.60. The van der Waals surface area contributed by atoms with Gasteiger partial charge in [0, 0.05) is 0 Å². The molecular weight excluding hydrogens is 245 g/mol. The minimum atomic E-state index is -1.54. The van der Waals surface area contributed by atoms with Crippen LogP contribution in [0.5, 0.6) is 0 Å². The predicted octanol–water partition coefficient (Wildman–Crippen LogP) is 1.33. The van der Waals surface area contributed by atoms with Gasteiger partial charge in [0.15, 0.2) is 0 Å². The fourth-order valence-corrected chi connectivity index (χ4v) is 1.52. The van der Waals surface area contributed by atoms with Crippen LogP contribution in [-0.2, 0) is 4.74 Å². The number of carbonyl (C=O) groups is 1. The van der Waals surface area contributed by atoms with Crippen LogP contribution >= 0.6 is 0 Å². The summed E-state index contributed by atoms with van der Waals surface area (Å²) in [6, 6.07) is 0. The molecule has 19 heavy (non-hydrogen) atoms. The van der Waals surface area contributed by atoms with Crippen LogP contribution in [0.2, 0.25) is 0 Å². The van der Waals surface area contributed by atoms with Gasteiger partial charge in [0.25, 0.3) is 0 Å². The number of rotatable bonds is 2. The Hall–Kier alpha value is -1.53. The minimum Gasteiger partial charge on any atom is -0.444 e. The van der Waals surface area contributed by atoms with Gasteiger partial charge >= 0.3 is 13.2 Å². The topological polar surface area (TPSA) is 78.8 Å². The van der Waals surface area contributed by atoms with Gasteiger partial charge in [-0.1, -0.05) is 30.4 Å². The molecule has 0 aromatic carbocycles. The zero-order chi connectivity index (χ0) is 14.7. The Morgan fingerprint density at radius 1 is 1.37 bits per heavy atom. The van der Waals surface area contributed by atoms with Crippen molar-refractivity contribution in [2.45, 2.75) is 38.8 Å². The third kappa shape index (κ3) is 5.32. The first-order chi connectivity index (χ1) is 8.61. The van der Waals surface area contributed by atoms with Crippen molar-refractivity contribution in [2.24, 2.45) is 0 Å². The van der Waals surface area contributed by atoms with E-state index in [1.54, 1.807) is 58.1 Å². The van der Waals surface area contributed by atoms with Crippen LogP contribution in [0, 0.1) is 0 Å². The fraction of sp³-hybridized carbons (Fsp3) is 0.462. The van der Waals surface area contributed by atoms with Crippen molar-refractivity contribution in [3.8, 4) is 0 Å². The quantitative estimate of drug-likeness (QED) is 0.658. The summed E-state index contributed by atoms with van der Waals surface area (Å²) in [5.74, 6) is 0. The highest BCUT2D eigenvalue weighted by Crippen LogP contribution is 2.16. The molecule has 0 fully saturated rings. The van der Waals surface area contributed by atoms with Gasteiger partial charge in [0.2, 0.25) is 0 Å². The maximum atomic E-state index is 11.7. The standard InChI is InChI=1S/C13H20BNO4/c1-12(2,3)19-11(16)15-13(4)8-5-6-10(7-9-13)14(17)18/h5-9,17-18H,1-4H3,(H,15,16). The van der Waals surface area contributed by atoms with Gasteiger partial charge in [-0.05, 0) is 33.2 Å². The molecule has 5 nitrogen and oxygen atoms in total. The number of hydrogen-bond acceptors (Lipinski definition) is 4. The normalized spacial score (nSPS) is 22.5. The SMILES string of the molecule is CC1(NC(=O)OC(C)(C)C)C=CC=C(B(O)O)C=C1. The molecular formula is C13H20BNO4. The lowest BCUT2D eigenvalue weighted by Gasteiger charge is -2.26. The van der Waals surface area contributed by atoms with Crippen LogP contribution < -0.4 is 5.32 Å². The average Bonchev–Trinajstić information content (AvgIpc) is 2.36. The number of carbonyl (C=O) groups excluding carboxylic acids is 1. The van der Waals surface area contributed by atoms with Crippen molar-refractivity contribution in [3.63, 3.8) is 0 Å². The Balaban J connectivity index is 2.74. The van der Waals surface area contributed by atoms with E-state index in [0.29, 0.717) is 5.47 Å². The van der Waals surface area contributed by atoms with E-state index in [2.05, 4.69) is 5.32 Å². The van der Waals surface area contributed by atoms with Crippen LogP contribution in [0.1, 0.15) is 27.7 Å². The minimum absolute atomic E-state index is 0.353. The lowest BCUT2D eigenvalue weighted by atomic mass is 9.79. The number of amides is 1. The second-order valence-electron chi connectivity index (χ2n) is 5.64. The summed E-state index contributed by atoms with van der Waals surface area (Å²) >= 11 is 0. The van der Waals surface area contributed by atoms with Gasteiger partial charge in [0.05, 0.1) is 5.54 Å². The second-order valence-corrected chi connectivity index (χ2v) is 5.64. The first kappa shape index (κ1) is 15.5. The Labute approximate surface area is 113 Å². The molecule has 0 saturated carbocycles. The molecule has 0 aromatic heterocycles. The number of nitrogens with one attached hydrogen (secondary N) is 1. The fourth-order valence-electron chi connectivity index (χ4n) is 1.52. The number of allylic oxidation sites excluding steroid dienone is 4. The van der Waals surface area contributed by atoms with E-state index in [-0.39, 0.29) is 0 Å². The smallest absolute Gasteiger partial charge is 0.444 e. The molecule has 6 heteroatoms. The Morgan fingerprint density at radius 3 is 2.53 bits per heavy atom. The average molecular weight is 265 g/mol. The Morgan fingerprint density at radius 2 is 2.00 bits per heavy atom. The molecule has 0 aromatic rings. The van der Waals surface area contributed by atoms with Crippen LogP contribution in [-0.4, -0.2) is 34.4 Å². The third-order valence-corrected chi connectivity index (χ3v) is 2.42. The molecule has 1 amide bonds. The van der Waals surface area contributed by atoms with E-state index in [1.807, 2.05) is 0 Å². The van der Waals surface area contributed by atoms with E-state index in [1.165, 1.54) is 0 Å². The molecule has 0 saturated heterocycles. The van der Waals surface area contributed by atoms with E-state index in [9.17, 15) is 4.79 Å². The first-order valence-corrected chi connectivity index (χ1v) is 6.07. The molecule has 0 spiro atoms. The summed E-state index contributed by atoms with van der Waals surface area (Å²) in [6.07, 6.45) is 7.67. The van der Waals surface area contributed by atoms with Crippen molar-refractivity contribution >= 4 is 13.2 Å². The predicted molar refractivity (Wildman–Crippen MR) is 74.3 cm³/mol. The highest BCUT2D eigenvalue weighted by molar-refractivity contribution is 6.51. The van der Waals surface area contributed by atoms with E-state index < -0.39 is 24.4 Å². The largest absolute Gasteiger partial charge is 0.488 e. The van der Waals surface area contributed by atoms with Crippen molar-refractivity contribution in [3.05, 3.63) is 35.9 Å². The Bertz CT molecular complexity index is 434. The molecule has 1 aliphatic carbocycles. The molecule has 3 N–H and O–H groups in total. The number of ether oxygens (including phenoxy) is 1. The molecule has 1 atom stereocenters. The van der Waals surface area contributed by atoms with Crippen LogP contribution in [0.15, 0.2) is 35.9 Å². The first-order valence-electron chi connectivity index (χ1n) is 6.07. The van der Waals surface area contributed by atoms with Gasteiger partial charge in [0.1, 0.15) is 5.60 Å². The van der Waals surface area contributed by atoms with Gasteiger partial charge in [-0.15, -0.1) is 0 Å². The molecule has 0 bridgehead atoms. The summed E-state index contributed by atoms with van der Waals surface area (Å²) in [5, 5.41) is 20.9. The second kappa shape index (κ2) is 5.63. The van der Waals surface area contributed by atoms with E-state index in [0.717, 1.165) is 0 Å². The number of hydrogen-bond donors (Lipinski definition) is 3. The van der Waals surface area contributed by atoms with Gasteiger partial charge in [-0.2, -0.15) is 0 Å². The molecule has 0 radical (unpaired) electrons. The van der Waals surface area contributed by atoms with Crippen LogP contribution in [0.25, 0.3) is 0 Å². The van der Waals surface area contributed by atoms with Gasteiger partial charge in [-0.3, -0.25) is 0 Å². The van der Waals surface area contributed by atoms with Crippen molar-refractivity contribution in [1.82, 2.24) is 5.32 Å². The maximum Gasteiger partial charge on any atom is 0.488 e. The van der Waals surface area contributed by atoms with Crippen molar-refractivity contribution in [2.75, 3.05) is 0 Å². The van der Waals surface area contributed by atoms with Crippen LogP contribution in [0.3, 0.4) is 0 Å². The summed E-state index contributed by atoms with van der Waals surface area (Å²) in [4.78, 5) is 11.7. The molecule has 1 aliphatic rings. The van der Waals surface area contributed by atoms with Crippen LogP contribution in [0.4, 0.5) is 4.79 Å². The molecule has 1 rings (SSSR count). The zero-order valence-corrected chi connectivity index (χ0v) is 11.7. The van der Waals surface area contributed by atoms with E-state index >= 15 is 0 Å². The van der Waals surface area contributed by atoms with Gasteiger partial charge < -0.3 is 20.1 Å². The molecule has 1 unspecified atom stereocenters. The monoisotopic (exact) mass is 265 g/mol. The van der Waals surface area contributed by atoms with Crippen molar-refractivity contribution < 1.29 is 19.6 Å². The summed E-state index contributed by atoms with van der Waals surface area (Å²) < 4.78 is 5.19. The third-order valence-electron chi connectivity index (χ3n) is 2.42. The molecule has 104 valence electrons. The number of alkyl carbamates (subject to hydrolysis) is 1. The highest BCUT2D eigenvalue weighted by atomic mass is 16.6. The maximum absolute atomic E-state index is 11.7. The zero-order valence-electron chi connectivity index (χ0n) is 11.7. The molecule has 0 aliphatic heterocycles.